The Bertz CT molecular complexity index is 756. The molecule has 0 aliphatic carbocycles. The predicted molar refractivity (Wildman–Crippen MR) is 95.0 cm³/mol. The fourth-order valence-corrected chi connectivity index (χ4v) is 2.46. The molecule has 0 saturated heterocycles. The minimum atomic E-state index is -0.213. The van der Waals surface area contributed by atoms with E-state index in [0.29, 0.717) is 18.6 Å². The maximum absolute atomic E-state index is 9.38. The lowest BCUT2D eigenvalue weighted by Crippen LogP contribution is -2.08. The van der Waals surface area contributed by atoms with Crippen LogP contribution in [-0.4, -0.2) is 20.7 Å². The van der Waals surface area contributed by atoms with Crippen LogP contribution in [0, 0.1) is 22.7 Å². The first-order valence-electron chi connectivity index (χ1n) is 7.94. The molecule has 0 N–H and O–H groups in total. The molecule has 4 nitrogen and oxygen atoms in total. The molecule has 24 heavy (non-hydrogen) atoms. The highest BCUT2D eigenvalue weighted by molar-refractivity contribution is 5.49. The highest BCUT2D eigenvalue weighted by Gasteiger charge is 2.11. The molecule has 2 rings (SSSR count). The summed E-state index contributed by atoms with van der Waals surface area (Å²) in [5, 5.41) is 18.3. The lowest BCUT2D eigenvalue weighted by Gasteiger charge is -2.14. The second kappa shape index (κ2) is 8.60. The first-order chi connectivity index (χ1) is 11.6. The van der Waals surface area contributed by atoms with E-state index in [2.05, 4.69) is 12.1 Å². The molecular weight excluding hydrogens is 298 g/mol. The van der Waals surface area contributed by atoms with Gasteiger partial charge >= 0.3 is 0 Å². The van der Waals surface area contributed by atoms with Crippen molar-refractivity contribution in [1.29, 1.82) is 10.5 Å². The Morgan fingerprint density at radius 2 is 1.88 bits per heavy atom. The van der Waals surface area contributed by atoms with E-state index in [1.54, 1.807) is 12.1 Å². The van der Waals surface area contributed by atoms with Gasteiger partial charge in [0.2, 0.25) is 0 Å². The molecule has 0 aliphatic rings. The molecule has 122 valence electrons. The van der Waals surface area contributed by atoms with Crippen LogP contribution in [-0.2, 0) is 0 Å². The largest absolute Gasteiger partial charge is 0.494 e. The van der Waals surface area contributed by atoms with Crippen molar-refractivity contribution >= 4 is 5.69 Å². The molecule has 0 fully saturated rings. The molecule has 1 unspecified atom stereocenters. The molecule has 2 aromatic rings. The monoisotopic (exact) mass is 319 g/mol. The number of benzene rings is 2. The van der Waals surface area contributed by atoms with Crippen LogP contribution in [0.5, 0.6) is 5.75 Å². The molecule has 0 radical (unpaired) electrons. The molecule has 0 spiro atoms. The van der Waals surface area contributed by atoms with E-state index in [0.717, 1.165) is 23.4 Å². The first-order valence-corrected chi connectivity index (χ1v) is 7.94. The number of ether oxygens (including phenoxy) is 1. The molecular formula is C20H21N3O. The van der Waals surface area contributed by atoms with E-state index in [-0.39, 0.29) is 5.92 Å². The van der Waals surface area contributed by atoms with Crippen LogP contribution < -0.4 is 9.64 Å². The average Bonchev–Trinajstić information content (AvgIpc) is 2.62. The van der Waals surface area contributed by atoms with Gasteiger partial charge in [-0.25, -0.2) is 0 Å². The normalized spacial score (nSPS) is 11.2. The van der Waals surface area contributed by atoms with Crippen molar-refractivity contribution in [1.82, 2.24) is 0 Å². The van der Waals surface area contributed by atoms with Gasteiger partial charge in [0.25, 0.3) is 0 Å². The summed E-state index contributed by atoms with van der Waals surface area (Å²) in [5.41, 5.74) is 2.58. The van der Waals surface area contributed by atoms with Crippen molar-refractivity contribution in [2.75, 3.05) is 25.6 Å². The number of nitrogens with zero attached hydrogens (tertiary/aromatic N) is 3. The van der Waals surface area contributed by atoms with Gasteiger partial charge in [0.1, 0.15) is 5.75 Å². The van der Waals surface area contributed by atoms with Gasteiger partial charge in [-0.2, -0.15) is 10.5 Å². The minimum absolute atomic E-state index is 0.213. The second-order valence-electron chi connectivity index (χ2n) is 5.80. The van der Waals surface area contributed by atoms with Gasteiger partial charge in [-0.1, -0.05) is 18.2 Å². The van der Waals surface area contributed by atoms with Crippen molar-refractivity contribution in [3.05, 3.63) is 59.7 Å². The van der Waals surface area contributed by atoms with Gasteiger partial charge in [0.05, 0.1) is 30.2 Å². The zero-order valence-electron chi connectivity index (χ0n) is 14.1. The number of hydrogen-bond acceptors (Lipinski definition) is 4. The van der Waals surface area contributed by atoms with Crippen molar-refractivity contribution in [2.45, 2.75) is 18.8 Å². The molecule has 0 heterocycles. The number of hydrogen-bond donors (Lipinski definition) is 0. The smallest absolute Gasteiger partial charge is 0.121 e. The third-order valence-electron chi connectivity index (χ3n) is 3.81. The lowest BCUT2D eigenvalue weighted by molar-refractivity contribution is 0.305. The molecule has 4 heteroatoms. The van der Waals surface area contributed by atoms with Gasteiger partial charge < -0.3 is 9.64 Å². The Labute approximate surface area is 143 Å². The summed E-state index contributed by atoms with van der Waals surface area (Å²) in [6.07, 6.45) is 1.49. The summed E-state index contributed by atoms with van der Waals surface area (Å²) >= 11 is 0. The quantitative estimate of drug-likeness (QED) is 0.721. The molecule has 0 saturated carbocycles. The Kier molecular flexibility index (Phi) is 6.23. The van der Waals surface area contributed by atoms with E-state index in [1.165, 1.54) is 0 Å². The van der Waals surface area contributed by atoms with Crippen LogP contribution in [0.25, 0.3) is 0 Å². The fourth-order valence-electron chi connectivity index (χ4n) is 2.46. The minimum Gasteiger partial charge on any atom is -0.494 e. The Morgan fingerprint density at radius 1 is 1.08 bits per heavy atom. The van der Waals surface area contributed by atoms with Crippen molar-refractivity contribution in [2.24, 2.45) is 0 Å². The van der Waals surface area contributed by atoms with E-state index in [9.17, 15) is 5.26 Å². The highest BCUT2D eigenvalue weighted by Crippen LogP contribution is 2.23. The fraction of sp³-hybridized carbons (Fsp3) is 0.300. The molecule has 2 aromatic carbocycles. The van der Waals surface area contributed by atoms with Gasteiger partial charge in [0.15, 0.2) is 0 Å². The standard InChI is InChI=1S/C20H21N3O/c1-23(2)19-9-4-10-20(13-19)24-11-5-8-18(15-22)17-7-3-6-16(12-17)14-21/h3-4,6-7,9-10,12-13,18H,5,8,11H2,1-2H3. The van der Waals surface area contributed by atoms with Gasteiger partial charge in [-0.15, -0.1) is 0 Å². The van der Waals surface area contributed by atoms with E-state index in [1.807, 2.05) is 55.4 Å². The van der Waals surface area contributed by atoms with E-state index in [4.69, 9.17) is 10.00 Å². The third-order valence-corrected chi connectivity index (χ3v) is 3.81. The zero-order valence-corrected chi connectivity index (χ0v) is 14.1. The van der Waals surface area contributed by atoms with Gasteiger partial charge in [-0.05, 0) is 42.7 Å². The third kappa shape index (κ3) is 4.76. The Morgan fingerprint density at radius 3 is 2.58 bits per heavy atom. The number of rotatable bonds is 7. The van der Waals surface area contributed by atoms with Crippen LogP contribution >= 0.6 is 0 Å². The summed E-state index contributed by atoms with van der Waals surface area (Å²) < 4.78 is 5.78. The summed E-state index contributed by atoms with van der Waals surface area (Å²) in [4.78, 5) is 2.03. The molecule has 0 aromatic heterocycles. The maximum atomic E-state index is 9.38. The van der Waals surface area contributed by atoms with Crippen LogP contribution in [0.4, 0.5) is 5.69 Å². The Balaban J connectivity index is 1.87. The average molecular weight is 319 g/mol. The topological polar surface area (TPSA) is 60.0 Å². The van der Waals surface area contributed by atoms with Crippen LogP contribution in [0.3, 0.4) is 0 Å². The Hall–Kier alpha value is -2.98. The molecule has 0 amide bonds. The summed E-state index contributed by atoms with van der Waals surface area (Å²) in [5.74, 6) is 0.621. The van der Waals surface area contributed by atoms with Crippen molar-refractivity contribution < 1.29 is 4.74 Å². The second-order valence-corrected chi connectivity index (χ2v) is 5.80. The number of anilines is 1. The van der Waals surface area contributed by atoms with Crippen LogP contribution in [0.15, 0.2) is 48.5 Å². The van der Waals surface area contributed by atoms with Gasteiger partial charge in [0, 0.05) is 25.8 Å². The number of nitriles is 2. The summed E-state index contributed by atoms with van der Waals surface area (Å²) in [7, 11) is 3.98. The lowest BCUT2D eigenvalue weighted by atomic mass is 9.94. The van der Waals surface area contributed by atoms with Crippen LogP contribution in [0.1, 0.15) is 29.9 Å². The first kappa shape index (κ1) is 17.4. The van der Waals surface area contributed by atoms with Crippen molar-refractivity contribution in [3.63, 3.8) is 0 Å². The summed E-state index contributed by atoms with van der Waals surface area (Å²) in [6, 6.07) is 19.6. The zero-order chi connectivity index (χ0) is 17.4. The molecule has 0 aliphatic heterocycles. The van der Waals surface area contributed by atoms with Gasteiger partial charge in [-0.3, -0.25) is 0 Å². The predicted octanol–water partition coefficient (Wildman–Crippen LogP) is 4.09. The summed E-state index contributed by atoms with van der Waals surface area (Å²) in [6.45, 7) is 0.563. The SMILES string of the molecule is CN(C)c1cccc(OCCCC(C#N)c2cccc(C#N)c2)c1. The van der Waals surface area contributed by atoms with E-state index < -0.39 is 0 Å². The molecule has 1 atom stereocenters. The maximum Gasteiger partial charge on any atom is 0.121 e. The molecule has 0 bridgehead atoms. The highest BCUT2D eigenvalue weighted by atomic mass is 16.5. The van der Waals surface area contributed by atoms with E-state index >= 15 is 0 Å². The van der Waals surface area contributed by atoms with Crippen LogP contribution in [0.2, 0.25) is 0 Å². The van der Waals surface area contributed by atoms with Crippen molar-refractivity contribution in [3.8, 4) is 17.9 Å².